The molecule has 0 fully saturated rings. The molecule has 0 aliphatic rings. The third-order valence-electron chi connectivity index (χ3n) is 4.22. The standard InChI is InChI=1S/C21H25N3O2S/c1-15(2)12-23-20(25)13-24-11-9-18-19(24)8-10-22-21(18)27-14-16-4-6-17(26-3)7-5-16/h4-11,15H,12-14H2,1-3H3,(H,23,25). The second-order valence-electron chi connectivity index (χ2n) is 6.83. The number of ether oxygens (including phenoxy) is 1. The van der Waals surface area contributed by atoms with Crippen molar-refractivity contribution >= 4 is 28.6 Å². The minimum Gasteiger partial charge on any atom is -0.497 e. The van der Waals surface area contributed by atoms with Crippen LogP contribution in [0.25, 0.3) is 10.9 Å². The molecular weight excluding hydrogens is 358 g/mol. The van der Waals surface area contributed by atoms with Crippen molar-refractivity contribution in [3.8, 4) is 5.75 Å². The van der Waals surface area contributed by atoms with Crippen molar-refractivity contribution in [1.29, 1.82) is 0 Å². The summed E-state index contributed by atoms with van der Waals surface area (Å²) in [4.78, 5) is 16.7. The van der Waals surface area contributed by atoms with Gasteiger partial charge in [0.1, 0.15) is 17.3 Å². The third kappa shape index (κ3) is 5.04. The highest BCUT2D eigenvalue weighted by atomic mass is 32.2. The average Bonchev–Trinajstić information content (AvgIpc) is 3.08. The molecule has 0 bridgehead atoms. The van der Waals surface area contributed by atoms with Gasteiger partial charge in [0.05, 0.1) is 12.6 Å². The smallest absolute Gasteiger partial charge is 0.239 e. The topological polar surface area (TPSA) is 56.2 Å². The lowest BCUT2D eigenvalue weighted by atomic mass is 10.2. The number of nitrogens with zero attached hydrogens (tertiary/aromatic N) is 2. The highest BCUT2D eigenvalue weighted by molar-refractivity contribution is 7.98. The van der Waals surface area contributed by atoms with E-state index in [9.17, 15) is 4.79 Å². The lowest BCUT2D eigenvalue weighted by molar-refractivity contribution is -0.121. The van der Waals surface area contributed by atoms with Crippen molar-refractivity contribution in [2.45, 2.75) is 31.2 Å². The summed E-state index contributed by atoms with van der Waals surface area (Å²) in [5, 5.41) is 5.02. The monoisotopic (exact) mass is 383 g/mol. The van der Waals surface area contributed by atoms with Gasteiger partial charge < -0.3 is 14.6 Å². The zero-order chi connectivity index (χ0) is 19.2. The van der Waals surface area contributed by atoms with Gasteiger partial charge in [0.2, 0.25) is 5.91 Å². The first-order valence-corrected chi connectivity index (χ1v) is 10.0. The Labute approximate surface area is 164 Å². The minimum absolute atomic E-state index is 0.0328. The summed E-state index contributed by atoms with van der Waals surface area (Å²) in [6.07, 6.45) is 3.76. The van der Waals surface area contributed by atoms with Gasteiger partial charge in [-0.15, -0.1) is 11.8 Å². The molecule has 0 unspecified atom stereocenters. The Hall–Kier alpha value is -2.47. The maximum atomic E-state index is 12.1. The number of hydrogen-bond acceptors (Lipinski definition) is 4. The average molecular weight is 384 g/mol. The fourth-order valence-corrected chi connectivity index (χ4v) is 3.71. The molecule has 0 saturated carbocycles. The normalized spacial score (nSPS) is 11.1. The third-order valence-corrected chi connectivity index (χ3v) is 5.29. The van der Waals surface area contributed by atoms with E-state index < -0.39 is 0 Å². The molecule has 6 heteroatoms. The molecule has 0 atom stereocenters. The number of hydrogen-bond donors (Lipinski definition) is 1. The van der Waals surface area contributed by atoms with Crippen LogP contribution in [-0.4, -0.2) is 29.1 Å². The Morgan fingerprint density at radius 1 is 1.22 bits per heavy atom. The number of amides is 1. The van der Waals surface area contributed by atoms with Crippen LogP contribution < -0.4 is 10.1 Å². The molecule has 0 radical (unpaired) electrons. The van der Waals surface area contributed by atoms with Gasteiger partial charge in [0.15, 0.2) is 0 Å². The molecular formula is C21H25N3O2S. The fraction of sp³-hybridized carbons (Fsp3) is 0.333. The Balaban J connectivity index is 1.70. The van der Waals surface area contributed by atoms with E-state index in [1.165, 1.54) is 5.56 Å². The van der Waals surface area contributed by atoms with Crippen LogP contribution in [0.5, 0.6) is 5.75 Å². The maximum absolute atomic E-state index is 12.1. The van der Waals surface area contributed by atoms with E-state index in [1.54, 1.807) is 25.1 Å². The minimum atomic E-state index is 0.0328. The van der Waals surface area contributed by atoms with Crippen molar-refractivity contribution in [2.24, 2.45) is 5.92 Å². The molecule has 2 aromatic heterocycles. The van der Waals surface area contributed by atoms with Gasteiger partial charge in [-0.3, -0.25) is 4.79 Å². The summed E-state index contributed by atoms with van der Waals surface area (Å²) < 4.78 is 7.18. The van der Waals surface area contributed by atoms with Crippen LogP contribution >= 0.6 is 11.8 Å². The van der Waals surface area contributed by atoms with Crippen molar-refractivity contribution in [3.05, 3.63) is 54.4 Å². The number of thioether (sulfide) groups is 1. The molecule has 3 aromatic rings. The van der Waals surface area contributed by atoms with Crippen molar-refractivity contribution < 1.29 is 9.53 Å². The van der Waals surface area contributed by atoms with Crippen LogP contribution in [-0.2, 0) is 17.1 Å². The summed E-state index contributed by atoms with van der Waals surface area (Å²) in [6, 6.07) is 12.1. The molecule has 1 amide bonds. The van der Waals surface area contributed by atoms with E-state index in [2.05, 4.69) is 36.3 Å². The summed E-state index contributed by atoms with van der Waals surface area (Å²) in [6.45, 7) is 5.19. The number of aromatic nitrogens is 2. The second kappa shape index (κ2) is 8.95. The lowest BCUT2D eigenvalue weighted by Gasteiger charge is -2.09. The molecule has 5 nitrogen and oxygen atoms in total. The highest BCUT2D eigenvalue weighted by Crippen LogP contribution is 2.29. The number of pyridine rings is 1. The van der Waals surface area contributed by atoms with Gasteiger partial charge in [0.25, 0.3) is 0 Å². The maximum Gasteiger partial charge on any atom is 0.239 e. The second-order valence-corrected chi connectivity index (χ2v) is 7.79. The van der Waals surface area contributed by atoms with Gasteiger partial charge in [-0.05, 0) is 35.7 Å². The Morgan fingerprint density at radius 2 is 2.00 bits per heavy atom. The predicted molar refractivity (Wildman–Crippen MR) is 110 cm³/mol. The number of fused-ring (bicyclic) bond motifs is 1. The first kappa shape index (κ1) is 19.3. The molecule has 142 valence electrons. The van der Waals surface area contributed by atoms with Crippen LogP contribution in [0.3, 0.4) is 0 Å². The Bertz CT molecular complexity index is 903. The van der Waals surface area contributed by atoms with Crippen molar-refractivity contribution in [1.82, 2.24) is 14.9 Å². The lowest BCUT2D eigenvalue weighted by Crippen LogP contribution is -2.30. The molecule has 1 N–H and O–H groups in total. The van der Waals surface area contributed by atoms with Crippen molar-refractivity contribution in [3.63, 3.8) is 0 Å². The number of nitrogens with one attached hydrogen (secondary N) is 1. The van der Waals surface area contributed by atoms with E-state index in [0.717, 1.165) is 27.4 Å². The van der Waals surface area contributed by atoms with E-state index >= 15 is 0 Å². The van der Waals surface area contributed by atoms with E-state index in [1.807, 2.05) is 35.0 Å². The molecule has 27 heavy (non-hydrogen) atoms. The van der Waals surface area contributed by atoms with E-state index in [4.69, 9.17) is 4.74 Å². The summed E-state index contributed by atoms with van der Waals surface area (Å²) in [5.41, 5.74) is 2.24. The highest BCUT2D eigenvalue weighted by Gasteiger charge is 2.10. The first-order valence-electron chi connectivity index (χ1n) is 9.03. The largest absolute Gasteiger partial charge is 0.497 e. The number of benzene rings is 1. The van der Waals surface area contributed by atoms with E-state index in [-0.39, 0.29) is 5.91 Å². The number of rotatable bonds is 8. The van der Waals surface area contributed by atoms with Crippen LogP contribution in [0.15, 0.2) is 53.8 Å². The molecule has 0 aliphatic heterocycles. The summed E-state index contributed by atoms with van der Waals surface area (Å²) in [7, 11) is 1.67. The summed E-state index contributed by atoms with van der Waals surface area (Å²) >= 11 is 1.70. The van der Waals surface area contributed by atoms with Crippen LogP contribution in [0.1, 0.15) is 19.4 Å². The predicted octanol–water partition coefficient (Wildman–Crippen LogP) is 4.11. The van der Waals surface area contributed by atoms with Gasteiger partial charge in [0, 0.05) is 30.1 Å². The molecule has 0 saturated heterocycles. The van der Waals surface area contributed by atoms with Crippen molar-refractivity contribution in [2.75, 3.05) is 13.7 Å². The first-order chi connectivity index (χ1) is 13.1. The SMILES string of the molecule is COc1ccc(CSc2nccc3c2ccn3CC(=O)NCC(C)C)cc1. The van der Waals surface area contributed by atoms with Gasteiger partial charge in [-0.1, -0.05) is 26.0 Å². The fourth-order valence-electron chi connectivity index (χ4n) is 2.75. The molecule has 1 aromatic carbocycles. The van der Waals surface area contributed by atoms with Gasteiger partial charge in [-0.2, -0.15) is 0 Å². The number of carbonyl (C=O) groups is 1. The van der Waals surface area contributed by atoms with Crippen LogP contribution in [0, 0.1) is 5.92 Å². The Morgan fingerprint density at radius 3 is 2.70 bits per heavy atom. The quantitative estimate of drug-likeness (QED) is 0.595. The number of methoxy groups -OCH3 is 1. The Kier molecular flexibility index (Phi) is 6.40. The molecule has 0 spiro atoms. The van der Waals surface area contributed by atoms with Gasteiger partial charge in [-0.25, -0.2) is 4.98 Å². The van der Waals surface area contributed by atoms with Crippen LogP contribution in [0.4, 0.5) is 0 Å². The molecule has 0 aliphatic carbocycles. The molecule has 2 heterocycles. The van der Waals surface area contributed by atoms with E-state index in [0.29, 0.717) is 19.0 Å². The zero-order valence-corrected chi connectivity index (χ0v) is 16.8. The van der Waals surface area contributed by atoms with Crippen LogP contribution in [0.2, 0.25) is 0 Å². The molecule has 3 rings (SSSR count). The number of carbonyl (C=O) groups excluding carboxylic acids is 1. The van der Waals surface area contributed by atoms with Gasteiger partial charge >= 0.3 is 0 Å². The zero-order valence-electron chi connectivity index (χ0n) is 15.9. The summed E-state index contributed by atoms with van der Waals surface area (Å²) in [5.74, 6) is 2.17.